The van der Waals surface area contributed by atoms with Gasteiger partial charge in [0.2, 0.25) is 5.75 Å². The van der Waals surface area contributed by atoms with Crippen molar-refractivity contribution in [3.05, 3.63) is 39.6 Å². The molecule has 0 aliphatic heterocycles. The maximum atomic E-state index is 6.62. The van der Waals surface area contributed by atoms with E-state index in [0.29, 0.717) is 17.2 Å². The van der Waals surface area contributed by atoms with Gasteiger partial charge in [0.25, 0.3) is 0 Å². The maximum Gasteiger partial charge on any atom is 0.203 e. The molecule has 0 N–H and O–H groups in total. The lowest BCUT2D eigenvalue weighted by Gasteiger charge is -2.18. The molecule has 0 aliphatic rings. The molecule has 1 heterocycles. The van der Waals surface area contributed by atoms with E-state index in [4.69, 9.17) is 25.8 Å². The van der Waals surface area contributed by atoms with E-state index in [9.17, 15) is 0 Å². The minimum absolute atomic E-state index is 0.273. The van der Waals surface area contributed by atoms with Crippen LogP contribution in [0.25, 0.3) is 0 Å². The highest BCUT2D eigenvalue weighted by atomic mass is 35.5. The molecule has 0 bridgehead atoms. The predicted octanol–water partition coefficient (Wildman–Crippen LogP) is 4.41. The molecule has 0 fully saturated rings. The van der Waals surface area contributed by atoms with Crippen molar-refractivity contribution in [3.8, 4) is 17.2 Å². The first-order chi connectivity index (χ1) is 9.63. The van der Waals surface area contributed by atoms with Crippen LogP contribution in [-0.4, -0.2) is 21.3 Å². The summed E-state index contributed by atoms with van der Waals surface area (Å²) < 4.78 is 16.2. The fraction of sp³-hybridized carbons (Fsp3) is 0.333. The standard InChI is InChI=1S/C15H17ClO3S/c1-9-7-8-20-15(9)12(16)10-5-6-11(17-2)14(19-4)13(10)18-3/h5-8,12H,1-4H3. The maximum absolute atomic E-state index is 6.62. The molecule has 0 aliphatic carbocycles. The Morgan fingerprint density at radius 2 is 1.70 bits per heavy atom. The minimum Gasteiger partial charge on any atom is -0.493 e. The summed E-state index contributed by atoms with van der Waals surface area (Å²) in [4.78, 5) is 1.11. The molecule has 0 amide bonds. The van der Waals surface area contributed by atoms with Crippen LogP contribution in [0.5, 0.6) is 17.2 Å². The van der Waals surface area contributed by atoms with Crippen LogP contribution in [0.4, 0.5) is 0 Å². The highest BCUT2D eigenvalue weighted by Crippen LogP contribution is 2.46. The van der Waals surface area contributed by atoms with Crippen LogP contribution >= 0.6 is 22.9 Å². The fourth-order valence-corrected chi connectivity index (χ4v) is 3.53. The molecule has 2 rings (SSSR count). The van der Waals surface area contributed by atoms with Crippen molar-refractivity contribution < 1.29 is 14.2 Å². The number of ether oxygens (including phenoxy) is 3. The van der Waals surface area contributed by atoms with Gasteiger partial charge in [0, 0.05) is 10.4 Å². The van der Waals surface area contributed by atoms with E-state index in [1.54, 1.807) is 32.7 Å². The zero-order chi connectivity index (χ0) is 14.7. The number of alkyl halides is 1. The second-order valence-corrected chi connectivity index (χ2v) is 5.64. The average molecular weight is 313 g/mol. The van der Waals surface area contributed by atoms with Gasteiger partial charge in [-0.15, -0.1) is 22.9 Å². The summed E-state index contributed by atoms with van der Waals surface area (Å²) in [6.07, 6.45) is 0. The third kappa shape index (κ3) is 2.58. The lowest BCUT2D eigenvalue weighted by Crippen LogP contribution is -2.01. The van der Waals surface area contributed by atoms with Crippen molar-refractivity contribution in [2.45, 2.75) is 12.3 Å². The van der Waals surface area contributed by atoms with Crippen molar-refractivity contribution in [2.75, 3.05) is 21.3 Å². The van der Waals surface area contributed by atoms with E-state index in [2.05, 4.69) is 13.0 Å². The van der Waals surface area contributed by atoms with E-state index in [0.717, 1.165) is 10.4 Å². The van der Waals surface area contributed by atoms with Gasteiger partial charge in [-0.1, -0.05) is 0 Å². The van der Waals surface area contributed by atoms with Crippen LogP contribution in [0.15, 0.2) is 23.6 Å². The molecular formula is C15H17ClO3S. The Bertz CT molecular complexity index is 595. The number of methoxy groups -OCH3 is 3. The number of halogens is 1. The van der Waals surface area contributed by atoms with Gasteiger partial charge >= 0.3 is 0 Å². The third-order valence-corrected chi connectivity index (χ3v) is 4.81. The highest BCUT2D eigenvalue weighted by Gasteiger charge is 2.23. The molecule has 0 saturated heterocycles. The van der Waals surface area contributed by atoms with Gasteiger partial charge in [-0.05, 0) is 36.1 Å². The van der Waals surface area contributed by atoms with E-state index in [1.165, 1.54) is 5.56 Å². The molecule has 1 atom stereocenters. The Kier molecular flexibility index (Phi) is 4.78. The second-order valence-electron chi connectivity index (χ2n) is 4.25. The lowest BCUT2D eigenvalue weighted by atomic mass is 10.1. The van der Waals surface area contributed by atoms with Crippen LogP contribution in [0.3, 0.4) is 0 Å². The van der Waals surface area contributed by atoms with E-state index < -0.39 is 0 Å². The van der Waals surface area contributed by atoms with Gasteiger partial charge < -0.3 is 14.2 Å². The van der Waals surface area contributed by atoms with Gasteiger partial charge in [-0.25, -0.2) is 0 Å². The van der Waals surface area contributed by atoms with Crippen molar-refractivity contribution >= 4 is 22.9 Å². The molecule has 108 valence electrons. The van der Waals surface area contributed by atoms with Crippen molar-refractivity contribution in [2.24, 2.45) is 0 Å². The summed E-state index contributed by atoms with van der Waals surface area (Å²) in [5, 5.41) is 1.76. The van der Waals surface area contributed by atoms with Gasteiger partial charge in [0.05, 0.1) is 26.7 Å². The molecule has 0 radical (unpaired) electrons. The first kappa shape index (κ1) is 15.0. The zero-order valence-corrected chi connectivity index (χ0v) is 13.5. The Hall–Kier alpha value is -1.39. The largest absolute Gasteiger partial charge is 0.493 e. The minimum atomic E-state index is -0.273. The lowest BCUT2D eigenvalue weighted by molar-refractivity contribution is 0.322. The number of hydrogen-bond acceptors (Lipinski definition) is 4. The number of aryl methyl sites for hydroxylation is 1. The SMILES string of the molecule is COc1ccc(C(Cl)c2sccc2C)c(OC)c1OC. The first-order valence-electron chi connectivity index (χ1n) is 6.11. The molecule has 3 nitrogen and oxygen atoms in total. The Morgan fingerprint density at radius 3 is 2.20 bits per heavy atom. The van der Waals surface area contributed by atoms with Gasteiger partial charge in [0.1, 0.15) is 0 Å². The molecule has 1 aromatic carbocycles. The van der Waals surface area contributed by atoms with Crippen LogP contribution in [-0.2, 0) is 0 Å². The molecule has 0 saturated carbocycles. The Labute approximate surface area is 128 Å². The summed E-state index contributed by atoms with van der Waals surface area (Å²) in [6, 6.07) is 5.81. The number of thiophene rings is 1. The summed E-state index contributed by atoms with van der Waals surface area (Å²) in [5.74, 6) is 1.80. The Balaban J connectivity index is 2.54. The molecule has 2 aromatic rings. The predicted molar refractivity (Wildman–Crippen MR) is 82.9 cm³/mol. The second kappa shape index (κ2) is 6.37. The number of rotatable bonds is 5. The van der Waals surface area contributed by atoms with Crippen molar-refractivity contribution in [1.82, 2.24) is 0 Å². The first-order valence-corrected chi connectivity index (χ1v) is 7.42. The third-order valence-electron chi connectivity index (χ3n) is 3.14. The van der Waals surface area contributed by atoms with Crippen LogP contribution in [0, 0.1) is 6.92 Å². The van der Waals surface area contributed by atoms with Crippen LogP contribution < -0.4 is 14.2 Å². The zero-order valence-electron chi connectivity index (χ0n) is 11.9. The summed E-state index contributed by atoms with van der Waals surface area (Å²) in [7, 11) is 4.79. The van der Waals surface area contributed by atoms with Crippen LogP contribution in [0.2, 0.25) is 0 Å². The Morgan fingerprint density at radius 1 is 1.00 bits per heavy atom. The molecule has 0 spiro atoms. The van der Waals surface area contributed by atoms with E-state index in [1.807, 2.05) is 17.5 Å². The van der Waals surface area contributed by atoms with Crippen molar-refractivity contribution in [1.29, 1.82) is 0 Å². The van der Waals surface area contributed by atoms with Crippen LogP contribution in [0.1, 0.15) is 21.4 Å². The molecule has 1 aromatic heterocycles. The highest BCUT2D eigenvalue weighted by molar-refractivity contribution is 7.10. The molecule has 20 heavy (non-hydrogen) atoms. The molecule has 5 heteroatoms. The number of hydrogen-bond donors (Lipinski definition) is 0. The average Bonchev–Trinajstić information content (AvgIpc) is 2.90. The summed E-state index contributed by atoms with van der Waals surface area (Å²) in [6.45, 7) is 2.05. The normalized spacial score (nSPS) is 12.1. The van der Waals surface area contributed by atoms with Gasteiger partial charge in [-0.2, -0.15) is 0 Å². The monoisotopic (exact) mass is 312 g/mol. The topological polar surface area (TPSA) is 27.7 Å². The van der Waals surface area contributed by atoms with Crippen molar-refractivity contribution in [3.63, 3.8) is 0 Å². The smallest absolute Gasteiger partial charge is 0.203 e. The van der Waals surface area contributed by atoms with Gasteiger partial charge in [-0.3, -0.25) is 0 Å². The molecule has 1 unspecified atom stereocenters. The summed E-state index contributed by atoms with van der Waals surface area (Å²) >= 11 is 8.26. The fourth-order valence-electron chi connectivity index (χ4n) is 2.11. The molecular weight excluding hydrogens is 296 g/mol. The van der Waals surface area contributed by atoms with E-state index >= 15 is 0 Å². The number of benzene rings is 1. The quantitative estimate of drug-likeness (QED) is 0.765. The summed E-state index contributed by atoms with van der Waals surface area (Å²) in [5.41, 5.74) is 2.05. The van der Waals surface area contributed by atoms with E-state index in [-0.39, 0.29) is 5.38 Å². The van der Waals surface area contributed by atoms with Gasteiger partial charge in [0.15, 0.2) is 11.5 Å².